The number of nitrogens with two attached hydrogens (primary N) is 1. The van der Waals surface area contributed by atoms with Crippen LogP contribution >= 0.6 is 0 Å². The fourth-order valence-electron chi connectivity index (χ4n) is 3.69. The third kappa shape index (κ3) is 6.51. The summed E-state index contributed by atoms with van der Waals surface area (Å²) in [4.78, 5) is 51.2. The molecule has 1 aromatic rings. The van der Waals surface area contributed by atoms with E-state index in [-0.39, 0.29) is 12.3 Å². The van der Waals surface area contributed by atoms with Gasteiger partial charge < -0.3 is 31.5 Å². The molecule has 0 bridgehead atoms. The Bertz CT molecular complexity index is 816. The number of carboxylic acid groups (broad SMARTS) is 1. The third-order valence-electron chi connectivity index (χ3n) is 5.50. The summed E-state index contributed by atoms with van der Waals surface area (Å²) in [7, 11) is 0. The Balaban J connectivity index is 2.20. The lowest BCUT2D eigenvalue weighted by atomic mass is 10.0. The van der Waals surface area contributed by atoms with Crippen molar-refractivity contribution in [1.29, 1.82) is 0 Å². The average molecular weight is 449 g/mol. The van der Waals surface area contributed by atoms with Crippen molar-refractivity contribution in [3.05, 3.63) is 35.9 Å². The minimum Gasteiger partial charge on any atom is -0.480 e. The van der Waals surface area contributed by atoms with Gasteiger partial charge in [0.2, 0.25) is 17.7 Å². The van der Waals surface area contributed by atoms with Crippen molar-refractivity contribution in [3.63, 3.8) is 0 Å². The van der Waals surface area contributed by atoms with Crippen LogP contribution in [0.5, 0.6) is 0 Å². The predicted molar refractivity (Wildman–Crippen MR) is 116 cm³/mol. The van der Waals surface area contributed by atoms with E-state index in [4.69, 9.17) is 5.73 Å². The average Bonchev–Trinajstić information content (AvgIpc) is 3.26. The fraction of sp³-hybridized carbons (Fsp3) is 0.545. The van der Waals surface area contributed by atoms with Crippen LogP contribution in [-0.4, -0.2) is 76.1 Å². The highest BCUT2D eigenvalue weighted by Crippen LogP contribution is 2.19. The number of aliphatic hydroxyl groups is 1. The Hall–Kier alpha value is -2.98. The lowest BCUT2D eigenvalue weighted by molar-refractivity contribution is -0.144. The molecule has 1 aliphatic rings. The molecular formula is C22H32N4O6. The van der Waals surface area contributed by atoms with Gasteiger partial charge in [0.05, 0.1) is 6.61 Å². The van der Waals surface area contributed by atoms with E-state index in [1.54, 1.807) is 38.1 Å². The highest BCUT2D eigenvalue weighted by Gasteiger charge is 2.38. The van der Waals surface area contributed by atoms with Gasteiger partial charge in [-0.2, -0.15) is 0 Å². The Morgan fingerprint density at radius 1 is 1.16 bits per heavy atom. The van der Waals surface area contributed by atoms with Gasteiger partial charge in [-0.15, -0.1) is 0 Å². The standard InChI is InChI=1S/C22H32N4O6/c1-13(2)18(22(31)32)25-19(28)16(11-14-7-4-3-5-8-14)24-20(29)17-9-6-10-26(17)21(30)15(23)12-27/h3-5,7-8,13,15-18,27H,6,9-12,23H2,1-2H3,(H,24,29)(H,25,28)(H,31,32). The van der Waals surface area contributed by atoms with Crippen molar-refractivity contribution >= 4 is 23.7 Å². The fourth-order valence-corrected chi connectivity index (χ4v) is 3.69. The van der Waals surface area contributed by atoms with Crippen LogP contribution in [0.15, 0.2) is 30.3 Å². The second-order valence-corrected chi connectivity index (χ2v) is 8.30. The number of carbonyl (C=O) groups is 4. The first-order valence-electron chi connectivity index (χ1n) is 10.7. The second-order valence-electron chi connectivity index (χ2n) is 8.30. The molecule has 0 radical (unpaired) electrons. The molecule has 0 saturated carbocycles. The summed E-state index contributed by atoms with van der Waals surface area (Å²) in [5, 5.41) is 23.8. The maximum Gasteiger partial charge on any atom is 0.326 e. The van der Waals surface area contributed by atoms with Crippen molar-refractivity contribution < 1.29 is 29.4 Å². The van der Waals surface area contributed by atoms with Crippen LogP contribution in [0.2, 0.25) is 0 Å². The largest absolute Gasteiger partial charge is 0.480 e. The van der Waals surface area contributed by atoms with E-state index < -0.39 is 54.5 Å². The SMILES string of the molecule is CC(C)C(NC(=O)C(Cc1ccccc1)NC(=O)C1CCCN1C(=O)C(N)CO)C(=O)O. The van der Waals surface area contributed by atoms with E-state index in [1.165, 1.54) is 4.90 Å². The van der Waals surface area contributed by atoms with Gasteiger partial charge in [-0.1, -0.05) is 44.2 Å². The van der Waals surface area contributed by atoms with Gasteiger partial charge in [-0.3, -0.25) is 14.4 Å². The molecule has 0 aromatic heterocycles. The zero-order chi connectivity index (χ0) is 23.8. The zero-order valence-corrected chi connectivity index (χ0v) is 18.4. The molecule has 10 nitrogen and oxygen atoms in total. The highest BCUT2D eigenvalue weighted by atomic mass is 16.4. The van der Waals surface area contributed by atoms with Crippen LogP contribution in [0.4, 0.5) is 0 Å². The Labute approximate surface area is 187 Å². The van der Waals surface area contributed by atoms with Crippen LogP contribution in [0, 0.1) is 5.92 Å². The monoisotopic (exact) mass is 448 g/mol. The number of hydrogen-bond acceptors (Lipinski definition) is 6. The van der Waals surface area contributed by atoms with E-state index in [9.17, 15) is 29.4 Å². The summed E-state index contributed by atoms with van der Waals surface area (Å²) in [6.45, 7) is 3.15. The number of rotatable bonds is 10. The number of likely N-dealkylation sites (tertiary alicyclic amines) is 1. The number of carboxylic acids is 1. The van der Waals surface area contributed by atoms with Gasteiger partial charge in [-0.05, 0) is 24.3 Å². The highest BCUT2D eigenvalue weighted by molar-refractivity contribution is 5.94. The van der Waals surface area contributed by atoms with E-state index in [0.717, 1.165) is 5.56 Å². The first kappa shape index (κ1) is 25.3. The van der Waals surface area contributed by atoms with Crippen molar-refractivity contribution in [1.82, 2.24) is 15.5 Å². The molecule has 0 spiro atoms. The molecule has 32 heavy (non-hydrogen) atoms. The lowest BCUT2D eigenvalue weighted by Crippen LogP contribution is -2.58. The molecule has 0 aliphatic carbocycles. The number of nitrogens with one attached hydrogen (secondary N) is 2. The summed E-state index contributed by atoms with van der Waals surface area (Å²) in [5.74, 6) is -3.18. The van der Waals surface area contributed by atoms with Crippen LogP contribution < -0.4 is 16.4 Å². The summed E-state index contributed by atoms with van der Waals surface area (Å²) in [6, 6.07) is 4.95. The molecule has 176 valence electrons. The van der Waals surface area contributed by atoms with Gasteiger partial charge in [-0.25, -0.2) is 4.79 Å². The van der Waals surface area contributed by atoms with Crippen LogP contribution in [0.25, 0.3) is 0 Å². The summed E-state index contributed by atoms with van der Waals surface area (Å²) in [6.07, 6.45) is 1.14. The number of aliphatic carboxylic acids is 1. The molecule has 1 aliphatic heterocycles. The first-order valence-corrected chi connectivity index (χ1v) is 10.7. The molecule has 1 fully saturated rings. The Kier molecular flexibility index (Phi) is 9.15. The van der Waals surface area contributed by atoms with E-state index >= 15 is 0 Å². The van der Waals surface area contributed by atoms with Crippen molar-refractivity contribution in [2.24, 2.45) is 11.7 Å². The summed E-state index contributed by atoms with van der Waals surface area (Å²) < 4.78 is 0. The van der Waals surface area contributed by atoms with Gasteiger partial charge in [0.15, 0.2) is 0 Å². The summed E-state index contributed by atoms with van der Waals surface area (Å²) in [5.41, 5.74) is 6.41. The number of aliphatic hydroxyl groups excluding tert-OH is 1. The van der Waals surface area contributed by atoms with E-state index in [1.807, 2.05) is 6.07 Å². The minimum atomic E-state index is -1.16. The van der Waals surface area contributed by atoms with Gasteiger partial charge in [0, 0.05) is 13.0 Å². The van der Waals surface area contributed by atoms with Gasteiger partial charge >= 0.3 is 5.97 Å². The molecule has 1 aromatic carbocycles. The maximum atomic E-state index is 13.0. The topological polar surface area (TPSA) is 162 Å². The number of amides is 3. The molecule has 6 N–H and O–H groups in total. The van der Waals surface area contributed by atoms with E-state index in [2.05, 4.69) is 10.6 Å². The Morgan fingerprint density at radius 2 is 1.81 bits per heavy atom. The van der Waals surface area contributed by atoms with Crippen LogP contribution in [-0.2, 0) is 25.6 Å². The molecular weight excluding hydrogens is 416 g/mol. The lowest BCUT2D eigenvalue weighted by Gasteiger charge is -2.28. The molecule has 10 heteroatoms. The van der Waals surface area contributed by atoms with Crippen molar-refractivity contribution in [2.45, 2.75) is 57.3 Å². The molecule has 4 unspecified atom stereocenters. The van der Waals surface area contributed by atoms with Crippen molar-refractivity contribution in [3.8, 4) is 0 Å². The van der Waals surface area contributed by atoms with Gasteiger partial charge in [0.1, 0.15) is 24.2 Å². The van der Waals surface area contributed by atoms with Crippen molar-refractivity contribution in [2.75, 3.05) is 13.2 Å². The molecule has 4 atom stereocenters. The zero-order valence-electron chi connectivity index (χ0n) is 18.4. The van der Waals surface area contributed by atoms with E-state index in [0.29, 0.717) is 19.4 Å². The molecule has 1 heterocycles. The quantitative estimate of drug-likeness (QED) is 0.314. The minimum absolute atomic E-state index is 0.152. The molecule has 2 rings (SSSR count). The molecule has 1 saturated heterocycles. The normalized spacial score (nSPS) is 18.7. The number of nitrogens with zero attached hydrogens (tertiary/aromatic N) is 1. The molecule has 3 amide bonds. The van der Waals surface area contributed by atoms with Crippen LogP contribution in [0.1, 0.15) is 32.3 Å². The maximum absolute atomic E-state index is 13.0. The smallest absolute Gasteiger partial charge is 0.326 e. The number of benzene rings is 1. The first-order chi connectivity index (χ1) is 15.1. The number of carbonyl (C=O) groups excluding carboxylic acids is 3. The van der Waals surface area contributed by atoms with Crippen LogP contribution in [0.3, 0.4) is 0 Å². The summed E-state index contributed by atoms with van der Waals surface area (Å²) >= 11 is 0. The third-order valence-corrected chi connectivity index (χ3v) is 5.50. The van der Waals surface area contributed by atoms with Gasteiger partial charge in [0.25, 0.3) is 0 Å². The predicted octanol–water partition coefficient (Wildman–Crippen LogP) is -0.750. The Morgan fingerprint density at radius 3 is 2.38 bits per heavy atom. The second kappa shape index (κ2) is 11.6. The number of hydrogen-bond donors (Lipinski definition) is 5.